The first-order valence-electron chi connectivity index (χ1n) is 7.08. The van der Waals surface area contributed by atoms with Crippen LogP contribution < -0.4 is 0 Å². The van der Waals surface area contributed by atoms with Crippen molar-refractivity contribution in [3.05, 3.63) is 67.6 Å². The van der Waals surface area contributed by atoms with Crippen LogP contribution in [0.5, 0.6) is 0 Å². The molecule has 2 nitrogen and oxygen atoms in total. The molecule has 2 aromatic carbocycles. The Kier molecular flexibility index (Phi) is 4.69. The van der Waals surface area contributed by atoms with Gasteiger partial charge in [0.25, 0.3) is 0 Å². The third kappa shape index (κ3) is 3.21. The van der Waals surface area contributed by atoms with Crippen LogP contribution in [0.3, 0.4) is 0 Å². The van der Waals surface area contributed by atoms with Crippen molar-refractivity contribution in [2.45, 2.75) is 24.8 Å². The number of carbonyl (C=O) groups is 1. The predicted molar refractivity (Wildman–Crippen MR) is 92.3 cm³/mol. The van der Waals surface area contributed by atoms with Crippen molar-refractivity contribution in [1.82, 2.24) is 0 Å². The minimum Gasteiger partial charge on any atom is -0.343 e. The van der Waals surface area contributed by atoms with Crippen LogP contribution >= 0.6 is 39.1 Å². The molecule has 0 unspecified atom stereocenters. The maximum absolute atomic E-state index is 13.7. The van der Waals surface area contributed by atoms with Gasteiger partial charge in [0.05, 0.1) is 0 Å². The minimum atomic E-state index is -4.80. The van der Waals surface area contributed by atoms with Gasteiger partial charge in [-0.3, -0.25) is 4.79 Å². The number of hydrogen-bond acceptors (Lipinski definition) is 2. The van der Waals surface area contributed by atoms with Gasteiger partial charge >= 0.3 is 6.18 Å². The number of ether oxygens (including phenoxy) is 1. The topological polar surface area (TPSA) is 29.6 Å². The van der Waals surface area contributed by atoms with Crippen molar-refractivity contribution in [3.63, 3.8) is 0 Å². The number of rotatable bonds is 3. The number of ketones is 1. The molecule has 0 radical (unpaired) electrons. The van der Waals surface area contributed by atoms with Crippen molar-refractivity contribution < 1.29 is 22.7 Å². The van der Waals surface area contributed by atoms with E-state index in [2.05, 4.69) is 15.9 Å². The molecule has 0 bridgehead atoms. The molecule has 2 aromatic rings. The van der Waals surface area contributed by atoms with Crippen LogP contribution in [-0.2, 0) is 10.3 Å². The maximum Gasteiger partial charge on any atom is 0.424 e. The first-order valence-corrected chi connectivity index (χ1v) is 8.62. The zero-order valence-corrected chi connectivity index (χ0v) is 15.7. The standard InChI is InChI=1S/C17H10BrCl2F3O2/c1-8-4-9(2-3-13(8)18)14(24)15-16(25-15,17(21,22)23)10-5-11(19)7-12(20)6-10/h2-7,15H,1H3/t15-,16+/m1/s1. The predicted octanol–water partition coefficient (Wildman–Crippen LogP) is 6.10. The van der Waals surface area contributed by atoms with Crippen molar-refractivity contribution >= 4 is 44.9 Å². The Balaban J connectivity index is 2.03. The average Bonchev–Trinajstić information content (AvgIpc) is 3.25. The van der Waals surface area contributed by atoms with Gasteiger partial charge in [-0.05, 0) is 48.4 Å². The highest BCUT2D eigenvalue weighted by Gasteiger charge is 2.76. The first-order chi connectivity index (χ1) is 11.6. The number of Topliss-reactive ketones (excluding diaryl/α,β-unsaturated/α-hetero) is 1. The molecule has 1 fully saturated rings. The van der Waals surface area contributed by atoms with E-state index in [9.17, 15) is 18.0 Å². The molecule has 8 heteroatoms. The summed E-state index contributed by atoms with van der Waals surface area (Å²) in [4.78, 5) is 12.6. The molecular weight excluding hydrogens is 444 g/mol. The monoisotopic (exact) mass is 452 g/mol. The highest BCUT2D eigenvalue weighted by molar-refractivity contribution is 9.10. The number of benzene rings is 2. The molecular formula is C17H10BrCl2F3O2. The summed E-state index contributed by atoms with van der Waals surface area (Å²) in [6.07, 6.45) is -6.48. The van der Waals surface area contributed by atoms with Gasteiger partial charge in [0.1, 0.15) is 0 Å². The van der Waals surface area contributed by atoms with E-state index in [1.165, 1.54) is 18.2 Å². The van der Waals surface area contributed by atoms with Gasteiger partial charge in [-0.2, -0.15) is 13.2 Å². The minimum absolute atomic E-state index is 0.0345. The number of alkyl halides is 3. The quantitative estimate of drug-likeness (QED) is 0.414. The summed E-state index contributed by atoms with van der Waals surface area (Å²) in [7, 11) is 0. The molecule has 0 spiro atoms. The van der Waals surface area contributed by atoms with Gasteiger partial charge < -0.3 is 4.74 Å². The fourth-order valence-corrected chi connectivity index (χ4v) is 3.48. The van der Waals surface area contributed by atoms with Gasteiger partial charge in [0, 0.05) is 20.1 Å². The Bertz CT molecular complexity index is 849. The fourth-order valence-electron chi connectivity index (χ4n) is 2.71. The average molecular weight is 454 g/mol. The third-order valence-electron chi connectivity index (χ3n) is 4.01. The smallest absolute Gasteiger partial charge is 0.343 e. The van der Waals surface area contributed by atoms with E-state index in [1.807, 2.05) is 0 Å². The molecule has 132 valence electrons. The molecule has 2 atom stereocenters. The molecule has 0 N–H and O–H groups in total. The molecule has 1 saturated heterocycles. The largest absolute Gasteiger partial charge is 0.424 e. The van der Waals surface area contributed by atoms with Gasteiger partial charge in [0.15, 0.2) is 11.9 Å². The Morgan fingerprint density at radius 3 is 2.28 bits per heavy atom. The summed E-state index contributed by atoms with van der Waals surface area (Å²) in [6.45, 7) is 1.74. The zero-order valence-electron chi connectivity index (χ0n) is 12.6. The molecule has 3 rings (SSSR count). The van der Waals surface area contributed by atoms with E-state index in [-0.39, 0.29) is 21.2 Å². The lowest BCUT2D eigenvalue weighted by atomic mass is 9.90. The van der Waals surface area contributed by atoms with Crippen LogP contribution in [0.15, 0.2) is 40.9 Å². The van der Waals surface area contributed by atoms with E-state index >= 15 is 0 Å². The number of aryl methyl sites for hydroxylation is 1. The Labute approximate surface area is 160 Å². The Morgan fingerprint density at radius 1 is 1.16 bits per heavy atom. The van der Waals surface area contributed by atoms with Crippen LogP contribution in [0.4, 0.5) is 13.2 Å². The summed E-state index contributed by atoms with van der Waals surface area (Å²) in [6, 6.07) is 8.11. The normalized spacial score (nSPS) is 22.8. The molecule has 0 aromatic heterocycles. The van der Waals surface area contributed by atoms with Crippen LogP contribution in [0, 0.1) is 6.92 Å². The molecule has 0 amide bonds. The summed E-state index contributed by atoms with van der Waals surface area (Å²) < 4.78 is 46.9. The number of hydrogen-bond donors (Lipinski definition) is 0. The second kappa shape index (κ2) is 6.27. The number of halogens is 6. The third-order valence-corrected chi connectivity index (χ3v) is 5.34. The summed E-state index contributed by atoms with van der Waals surface area (Å²) in [5.41, 5.74) is -2.15. The molecule has 0 aliphatic carbocycles. The van der Waals surface area contributed by atoms with Crippen molar-refractivity contribution in [3.8, 4) is 0 Å². The second-order valence-corrected chi connectivity index (χ2v) is 7.44. The molecule has 25 heavy (non-hydrogen) atoms. The summed E-state index contributed by atoms with van der Waals surface area (Å²) in [5.74, 6) is -0.746. The van der Waals surface area contributed by atoms with Crippen LogP contribution in [0.1, 0.15) is 21.5 Å². The van der Waals surface area contributed by atoms with Gasteiger partial charge in [-0.15, -0.1) is 0 Å². The summed E-state index contributed by atoms with van der Waals surface area (Å²) in [5, 5.41) is 0.0691. The van der Waals surface area contributed by atoms with Crippen LogP contribution in [0.2, 0.25) is 10.0 Å². The van der Waals surface area contributed by atoms with Crippen LogP contribution in [-0.4, -0.2) is 18.1 Å². The maximum atomic E-state index is 13.7. The van der Waals surface area contributed by atoms with Crippen molar-refractivity contribution in [2.75, 3.05) is 0 Å². The lowest BCUT2D eigenvalue weighted by Crippen LogP contribution is -2.35. The lowest BCUT2D eigenvalue weighted by molar-refractivity contribution is -0.187. The summed E-state index contributed by atoms with van der Waals surface area (Å²) >= 11 is 14.9. The van der Waals surface area contributed by atoms with Gasteiger partial charge in [-0.1, -0.05) is 45.2 Å². The molecule has 0 saturated carbocycles. The van der Waals surface area contributed by atoms with Gasteiger partial charge in [0.2, 0.25) is 5.60 Å². The Morgan fingerprint density at radius 2 is 1.76 bits per heavy atom. The highest BCUT2D eigenvalue weighted by Crippen LogP contribution is 2.58. The molecule has 1 aliphatic heterocycles. The van der Waals surface area contributed by atoms with Crippen molar-refractivity contribution in [1.29, 1.82) is 0 Å². The SMILES string of the molecule is Cc1cc(C(=O)[C@H]2O[C@]2(c2cc(Cl)cc(Cl)c2)C(F)(F)F)ccc1Br. The van der Waals surface area contributed by atoms with Gasteiger partial charge in [-0.25, -0.2) is 0 Å². The number of carbonyl (C=O) groups excluding carboxylic acids is 1. The Hall–Kier alpha value is -1.08. The molecule has 1 aliphatic rings. The van der Waals surface area contributed by atoms with E-state index < -0.39 is 23.7 Å². The van der Waals surface area contributed by atoms with E-state index in [0.29, 0.717) is 0 Å². The zero-order chi connectivity index (χ0) is 18.6. The number of epoxide rings is 1. The first kappa shape index (κ1) is 18.7. The highest BCUT2D eigenvalue weighted by atomic mass is 79.9. The van der Waals surface area contributed by atoms with E-state index in [4.69, 9.17) is 27.9 Å². The van der Waals surface area contributed by atoms with Crippen molar-refractivity contribution in [2.24, 2.45) is 0 Å². The molecule has 1 heterocycles. The van der Waals surface area contributed by atoms with E-state index in [1.54, 1.807) is 13.0 Å². The second-order valence-electron chi connectivity index (χ2n) is 5.72. The lowest BCUT2D eigenvalue weighted by Gasteiger charge is -2.18. The van der Waals surface area contributed by atoms with Crippen LogP contribution in [0.25, 0.3) is 0 Å². The van der Waals surface area contributed by atoms with E-state index in [0.717, 1.165) is 22.2 Å². The fraction of sp³-hybridized carbons (Fsp3) is 0.235.